The van der Waals surface area contributed by atoms with Crippen LogP contribution in [0.3, 0.4) is 0 Å². The Labute approximate surface area is 139 Å². The molecule has 0 saturated heterocycles. The monoisotopic (exact) mass is 330 g/mol. The predicted octanol–water partition coefficient (Wildman–Crippen LogP) is 3.24. The van der Waals surface area contributed by atoms with Crippen LogP contribution in [0.1, 0.15) is 37.4 Å². The van der Waals surface area contributed by atoms with Gasteiger partial charge >= 0.3 is 11.9 Å². The first-order valence-electron chi connectivity index (χ1n) is 7.19. The molecule has 24 heavy (non-hydrogen) atoms. The van der Waals surface area contributed by atoms with E-state index in [0.717, 1.165) is 11.6 Å². The molecule has 0 amide bonds. The molecule has 2 rings (SSSR count). The van der Waals surface area contributed by atoms with E-state index in [1.54, 1.807) is 26.2 Å². The normalized spacial score (nSPS) is 10.3. The molecule has 0 bridgehead atoms. The molecule has 0 aliphatic heterocycles. The largest absolute Gasteiger partial charge is 0.507 e. The molecule has 0 saturated carbocycles. The molecule has 0 atom stereocenters. The van der Waals surface area contributed by atoms with Crippen LogP contribution in [0.15, 0.2) is 24.3 Å². The van der Waals surface area contributed by atoms with E-state index in [1.807, 2.05) is 6.92 Å². The topological polar surface area (TPSA) is 93.1 Å². The van der Waals surface area contributed by atoms with E-state index in [-0.39, 0.29) is 11.3 Å². The third kappa shape index (κ3) is 3.32. The van der Waals surface area contributed by atoms with E-state index < -0.39 is 17.7 Å². The number of carbonyl (C=O) groups is 2. The van der Waals surface area contributed by atoms with Crippen molar-refractivity contribution in [1.29, 1.82) is 0 Å². The summed E-state index contributed by atoms with van der Waals surface area (Å²) in [6.45, 7) is 5.09. The lowest BCUT2D eigenvalue weighted by atomic mass is 10.0. The van der Waals surface area contributed by atoms with Gasteiger partial charge in [0, 0.05) is 6.07 Å². The SMILES string of the molecule is COc1cc(C)c(C(=O)Oc2cc(C)c(C(=O)O)c(O)c2)cc1C. The Balaban J connectivity index is 2.34. The van der Waals surface area contributed by atoms with E-state index in [4.69, 9.17) is 14.6 Å². The van der Waals surface area contributed by atoms with Gasteiger partial charge in [0.25, 0.3) is 0 Å². The molecule has 0 unspecified atom stereocenters. The molecule has 0 aliphatic rings. The summed E-state index contributed by atoms with van der Waals surface area (Å²) in [6, 6.07) is 5.91. The van der Waals surface area contributed by atoms with Crippen LogP contribution in [-0.2, 0) is 0 Å². The number of aromatic hydroxyl groups is 1. The van der Waals surface area contributed by atoms with Gasteiger partial charge in [-0.2, -0.15) is 0 Å². The van der Waals surface area contributed by atoms with Crippen LogP contribution in [0.5, 0.6) is 17.2 Å². The number of benzene rings is 2. The van der Waals surface area contributed by atoms with E-state index in [0.29, 0.717) is 22.4 Å². The van der Waals surface area contributed by atoms with Crippen LogP contribution in [0.2, 0.25) is 0 Å². The number of hydrogen-bond acceptors (Lipinski definition) is 5. The maximum Gasteiger partial charge on any atom is 0.343 e. The number of rotatable bonds is 4. The molecule has 0 heterocycles. The molecule has 2 aromatic rings. The third-order valence-electron chi connectivity index (χ3n) is 3.67. The van der Waals surface area contributed by atoms with Gasteiger partial charge in [-0.15, -0.1) is 0 Å². The van der Waals surface area contributed by atoms with Gasteiger partial charge in [-0.05, 0) is 55.7 Å². The Morgan fingerprint density at radius 1 is 0.958 bits per heavy atom. The molecular weight excluding hydrogens is 312 g/mol. The number of esters is 1. The second-order valence-corrected chi connectivity index (χ2v) is 5.47. The Kier molecular flexibility index (Phi) is 4.78. The highest BCUT2D eigenvalue weighted by Crippen LogP contribution is 2.29. The summed E-state index contributed by atoms with van der Waals surface area (Å²) in [7, 11) is 1.55. The summed E-state index contributed by atoms with van der Waals surface area (Å²) < 4.78 is 10.5. The molecule has 0 spiro atoms. The summed E-state index contributed by atoms with van der Waals surface area (Å²) >= 11 is 0. The Morgan fingerprint density at radius 2 is 1.62 bits per heavy atom. The first-order valence-corrected chi connectivity index (χ1v) is 7.19. The summed E-state index contributed by atoms with van der Waals surface area (Å²) in [6.07, 6.45) is 0. The lowest BCUT2D eigenvalue weighted by Gasteiger charge is -2.12. The van der Waals surface area contributed by atoms with Crippen LogP contribution >= 0.6 is 0 Å². The van der Waals surface area contributed by atoms with Crippen molar-refractivity contribution < 1.29 is 29.3 Å². The van der Waals surface area contributed by atoms with E-state index in [1.165, 1.54) is 13.0 Å². The Bertz CT molecular complexity index is 799. The molecule has 2 aromatic carbocycles. The van der Waals surface area contributed by atoms with Gasteiger partial charge in [-0.3, -0.25) is 0 Å². The number of aromatic carboxylic acids is 1. The first kappa shape index (κ1) is 17.3. The van der Waals surface area contributed by atoms with Crippen molar-refractivity contribution in [3.8, 4) is 17.2 Å². The van der Waals surface area contributed by atoms with Gasteiger partial charge in [0.15, 0.2) is 0 Å². The fraction of sp³-hybridized carbons (Fsp3) is 0.222. The third-order valence-corrected chi connectivity index (χ3v) is 3.67. The lowest BCUT2D eigenvalue weighted by molar-refractivity contribution is 0.0692. The average Bonchev–Trinajstić information content (AvgIpc) is 2.47. The van der Waals surface area contributed by atoms with Gasteiger partial charge in [0.05, 0.1) is 12.7 Å². The summed E-state index contributed by atoms with van der Waals surface area (Å²) in [5, 5.41) is 18.8. The van der Waals surface area contributed by atoms with Crippen LogP contribution in [0, 0.1) is 20.8 Å². The van der Waals surface area contributed by atoms with Gasteiger partial charge in [-0.25, -0.2) is 9.59 Å². The van der Waals surface area contributed by atoms with Crippen LogP contribution < -0.4 is 9.47 Å². The smallest absolute Gasteiger partial charge is 0.343 e. The van der Waals surface area contributed by atoms with Crippen LogP contribution in [0.25, 0.3) is 0 Å². The zero-order chi connectivity index (χ0) is 18.0. The van der Waals surface area contributed by atoms with Gasteiger partial charge in [0.1, 0.15) is 22.8 Å². The number of carboxylic acids is 1. The lowest BCUT2D eigenvalue weighted by Crippen LogP contribution is -2.11. The van der Waals surface area contributed by atoms with Crippen LogP contribution in [0.4, 0.5) is 0 Å². The molecule has 0 aromatic heterocycles. The van der Waals surface area contributed by atoms with E-state index in [9.17, 15) is 14.7 Å². The number of phenols is 1. The fourth-order valence-corrected chi connectivity index (χ4v) is 2.46. The molecule has 126 valence electrons. The standard InChI is InChI=1S/C18H18O6/c1-9-7-15(23-4)10(2)6-13(9)18(22)24-12-5-11(3)16(17(20)21)14(19)8-12/h5-8,19H,1-4H3,(H,20,21). The molecule has 6 heteroatoms. The number of carboxylic acid groups (broad SMARTS) is 1. The van der Waals surface area contributed by atoms with E-state index >= 15 is 0 Å². The molecular formula is C18H18O6. The Morgan fingerprint density at radius 3 is 2.17 bits per heavy atom. The van der Waals surface area contributed by atoms with E-state index in [2.05, 4.69) is 0 Å². The zero-order valence-corrected chi connectivity index (χ0v) is 13.8. The number of carbonyl (C=O) groups excluding carboxylic acids is 1. The maximum absolute atomic E-state index is 12.4. The fourth-order valence-electron chi connectivity index (χ4n) is 2.46. The molecule has 2 N–H and O–H groups in total. The minimum Gasteiger partial charge on any atom is -0.507 e. The molecule has 0 fully saturated rings. The van der Waals surface area contributed by atoms with Crippen molar-refractivity contribution in [3.05, 3.63) is 52.1 Å². The van der Waals surface area contributed by atoms with Crippen LogP contribution in [-0.4, -0.2) is 29.3 Å². The Hall–Kier alpha value is -3.02. The van der Waals surface area contributed by atoms with Crippen molar-refractivity contribution in [2.75, 3.05) is 7.11 Å². The van der Waals surface area contributed by atoms with Crippen molar-refractivity contribution in [2.24, 2.45) is 0 Å². The van der Waals surface area contributed by atoms with Crippen molar-refractivity contribution >= 4 is 11.9 Å². The molecule has 6 nitrogen and oxygen atoms in total. The summed E-state index contributed by atoms with van der Waals surface area (Å²) in [5.41, 5.74) is 1.92. The minimum absolute atomic E-state index is 0.0767. The van der Waals surface area contributed by atoms with Crippen molar-refractivity contribution in [2.45, 2.75) is 20.8 Å². The van der Waals surface area contributed by atoms with Gasteiger partial charge in [0.2, 0.25) is 0 Å². The molecule has 0 radical (unpaired) electrons. The zero-order valence-electron chi connectivity index (χ0n) is 13.8. The highest BCUT2D eigenvalue weighted by atomic mass is 16.5. The number of methoxy groups -OCH3 is 1. The average molecular weight is 330 g/mol. The quantitative estimate of drug-likeness (QED) is 0.660. The highest BCUT2D eigenvalue weighted by molar-refractivity contribution is 5.95. The maximum atomic E-state index is 12.4. The summed E-state index contributed by atoms with van der Waals surface area (Å²) in [4.78, 5) is 23.4. The van der Waals surface area contributed by atoms with Crippen molar-refractivity contribution in [1.82, 2.24) is 0 Å². The summed E-state index contributed by atoms with van der Waals surface area (Å²) in [5.74, 6) is -1.55. The second-order valence-electron chi connectivity index (χ2n) is 5.47. The first-order chi connectivity index (χ1) is 11.2. The highest BCUT2D eigenvalue weighted by Gasteiger charge is 2.18. The molecule has 0 aliphatic carbocycles. The van der Waals surface area contributed by atoms with Gasteiger partial charge < -0.3 is 19.7 Å². The number of aryl methyl sites for hydroxylation is 3. The predicted molar refractivity (Wildman–Crippen MR) is 87.2 cm³/mol. The number of hydrogen-bond donors (Lipinski definition) is 2. The second kappa shape index (κ2) is 6.62. The number of ether oxygens (including phenoxy) is 2. The van der Waals surface area contributed by atoms with Gasteiger partial charge in [-0.1, -0.05) is 0 Å². The van der Waals surface area contributed by atoms with Crippen molar-refractivity contribution in [3.63, 3.8) is 0 Å². The minimum atomic E-state index is -1.25.